The number of amides is 2. The highest BCUT2D eigenvalue weighted by atomic mass is 16.4. The molecule has 1 aliphatic rings. The van der Waals surface area contributed by atoms with Crippen LogP contribution in [0.5, 0.6) is 0 Å². The first-order valence-electron chi connectivity index (χ1n) is 5.26. The van der Waals surface area contributed by atoms with Gasteiger partial charge in [-0.1, -0.05) is 13.8 Å². The summed E-state index contributed by atoms with van der Waals surface area (Å²) in [5, 5.41) is 11.4. The summed E-state index contributed by atoms with van der Waals surface area (Å²) in [5.41, 5.74) is 0. The van der Waals surface area contributed by atoms with E-state index in [0.717, 1.165) is 6.42 Å². The van der Waals surface area contributed by atoms with Crippen molar-refractivity contribution in [1.82, 2.24) is 10.2 Å². The Labute approximate surface area is 89.4 Å². The molecule has 0 spiro atoms. The number of aliphatic carboxylic acids is 1. The third kappa shape index (κ3) is 3.77. The quantitative estimate of drug-likeness (QED) is 0.714. The van der Waals surface area contributed by atoms with E-state index in [1.165, 1.54) is 0 Å². The van der Waals surface area contributed by atoms with E-state index in [0.29, 0.717) is 19.0 Å². The molecule has 1 fully saturated rings. The van der Waals surface area contributed by atoms with E-state index >= 15 is 0 Å². The Morgan fingerprint density at radius 2 is 2.33 bits per heavy atom. The fourth-order valence-corrected chi connectivity index (χ4v) is 1.79. The van der Waals surface area contributed by atoms with Gasteiger partial charge in [0.2, 0.25) is 0 Å². The maximum absolute atomic E-state index is 11.4. The van der Waals surface area contributed by atoms with E-state index in [1.54, 1.807) is 4.90 Å². The van der Waals surface area contributed by atoms with Crippen molar-refractivity contribution >= 4 is 12.0 Å². The monoisotopic (exact) mass is 214 g/mol. The summed E-state index contributed by atoms with van der Waals surface area (Å²) in [4.78, 5) is 23.3. The molecule has 1 heterocycles. The van der Waals surface area contributed by atoms with Gasteiger partial charge in [-0.25, -0.2) is 4.79 Å². The molecule has 1 aliphatic heterocycles. The molecule has 1 saturated heterocycles. The van der Waals surface area contributed by atoms with Crippen LogP contribution in [0.25, 0.3) is 0 Å². The Hall–Kier alpha value is -1.26. The standard InChI is InChI=1S/C10H18N2O3/c1-7(2)5-8-6-12(10(15)11-8)4-3-9(13)14/h7-8H,3-6H2,1-2H3,(H,11,15)(H,13,14). The van der Waals surface area contributed by atoms with Crippen molar-refractivity contribution in [2.45, 2.75) is 32.7 Å². The number of carboxylic acid groups (broad SMARTS) is 1. The van der Waals surface area contributed by atoms with Gasteiger partial charge in [-0.15, -0.1) is 0 Å². The smallest absolute Gasteiger partial charge is 0.317 e. The van der Waals surface area contributed by atoms with Crippen molar-refractivity contribution < 1.29 is 14.7 Å². The average molecular weight is 214 g/mol. The summed E-state index contributed by atoms with van der Waals surface area (Å²) in [6.45, 7) is 5.14. The molecule has 0 saturated carbocycles. The molecule has 1 rings (SSSR count). The van der Waals surface area contributed by atoms with Gasteiger partial charge < -0.3 is 15.3 Å². The second-order valence-electron chi connectivity index (χ2n) is 4.37. The number of nitrogens with zero attached hydrogens (tertiary/aromatic N) is 1. The van der Waals surface area contributed by atoms with Crippen LogP contribution in [0.4, 0.5) is 4.79 Å². The maximum Gasteiger partial charge on any atom is 0.317 e. The summed E-state index contributed by atoms with van der Waals surface area (Å²) in [6.07, 6.45) is 0.955. The SMILES string of the molecule is CC(C)CC1CN(CCC(=O)O)C(=O)N1. The largest absolute Gasteiger partial charge is 0.481 e. The number of carboxylic acids is 1. The number of hydrogen-bond donors (Lipinski definition) is 2. The van der Waals surface area contributed by atoms with Gasteiger partial charge >= 0.3 is 12.0 Å². The van der Waals surface area contributed by atoms with Gasteiger partial charge in [0.25, 0.3) is 0 Å². The fraction of sp³-hybridized carbons (Fsp3) is 0.800. The Balaban J connectivity index is 2.35. The molecular formula is C10H18N2O3. The second-order valence-corrected chi connectivity index (χ2v) is 4.37. The van der Waals surface area contributed by atoms with E-state index in [-0.39, 0.29) is 18.5 Å². The minimum absolute atomic E-state index is 0.0157. The van der Waals surface area contributed by atoms with Crippen LogP contribution >= 0.6 is 0 Å². The molecule has 5 heteroatoms. The van der Waals surface area contributed by atoms with Crippen LogP contribution in [0.2, 0.25) is 0 Å². The van der Waals surface area contributed by atoms with E-state index < -0.39 is 5.97 Å². The zero-order chi connectivity index (χ0) is 11.4. The summed E-state index contributed by atoms with van der Waals surface area (Å²) in [7, 11) is 0. The summed E-state index contributed by atoms with van der Waals surface area (Å²) in [6, 6.07) is 0.0354. The van der Waals surface area contributed by atoms with Gasteiger partial charge in [-0.2, -0.15) is 0 Å². The fourth-order valence-electron chi connectivity index (χ4n) is 1.79. The maximum atomic E-state index is 11.4. The average Bonchev–Trinajstić information content (AvgIpc) is 2.41. The lowest BCUT2D eigenvalue weighted by Gasteiger charge is -2.13. The number of hydrogen-bond acceptors (Lipinski definition) is 2. The third-order valence-electron chi connectivity index (χ3n) is 2.41. The van der Waals surface area contributed by atoms with Crippen molar-refractivity contribution in [2.75, 3.05) is 13.1 Å². The highest BCUT2D eigenvalue weighted by Gasteiger charge is 2.28. The molecule has 0 aromatic heterocycles. The predicted molar refractivity (Wildman–Crippen MR) is 55.6 cm³/mol. The van der Waals surface area contributed by atoms with Crippen molar-refractivity contribution in [3.63, 3.8) is 0 Å². The Morgan fingerprint density at radius 3 is 2.87 bits per heavy atom. The van der Waals surface area contributed by atoms with E-state index in [9.17, 15) is 9.59 Å². The summed E-state index contributed by atoms with van der Waals surface area (Å²) < 4.78 is 0. The zero-order valence-electron chi connectivity index (χ0n) is 9.19. The lowest BCUT2D eigenvalue weighted by Crippen LogP contribution is -2.30. The Kier molecular flexibility index (Phi) is 3.94. The van der Waals surface area contributed by atoms with Crippen LogP contribution in [0, 0.1) is 5.92 Å². The zero-order valence-corrected chi connectivity index (χ0v) is 9.19. The van der Waals surface area contributed by atoms with E-state index in [4.69, 9.17) is 5.11 Å². The van der Waals surface area contributed by atoms with Gasteiger partial charge in [0, 0.05) is 19.1 Å². The molecular weight excluding hydrogens is 196 g/mol. The van der Waals surface area contributed by atoms with E-state index in [1.807, 2.05) is 0 Å². The number of nitrogens with one attached hydrogen (secondary N) is 1. The number of carbonyl (C=O) groups is 2. The molecule has 0 aromatic carbocycles. The first-order chi connectivity index (χ1) is 6.99. The van der Waals surface area contributed by atoms with Crippen molar-refractivity contribution in [1.29, 1.82) is 0 Å². The van der Waals surface area contributed by atoms with Crippen LogP contribution in [0.3, 0.4) is 0 Å². The van der Waals surface area contributed by atoms with Gasteiger partial charge in [0.15, 0.2) is 0 Å². The number of carbonyl (C=O) groups excluding carboxylic acids is 1. The molecule has 2 N–H and O–H groups in total. The van der Waals surface area contributed by atoms with E-state index in [2.05, 4.69) is 19.2 Å². The van der Waals surface area contributed by atoms with Crippen molar-refractivity contribution in [3.05, 3.63) is 0 Å². The second kappa shape index (κ2) is 5.00. The van der Waals surface area contributed by atoms with Crippen molar-refractivity contribution in [2.24, 2.45) is 5.92 Å². The third-order valence-corrected chi connectivity index (χ3v) is 2.41. The molecule has 15 heavy (non-hydrogen) atoms. The van der Waals surface area contributed by atoms with Gasteiger partial charge in [-0.3, -0.25) is 4.79 Å². The highest BCUT2D eigenvalue weighted by molar-refractivity contribution is 5.77. The Bertz CT molecular complexity index is 253. The molecule has 86 valence electrons. The van der Waals surface area contributed by atoms with Crippen LogP contribution in [0.1, 0.15) is 26.7 Å². The lowest BCUT2D eigenvalue weighted by atomic mass is 10.0. The minimum atomic E-state index is -0.866. The van der Waals surface area contributed by atoms with Gasteiger partial charge in [-0.05, 0) is 12.3 Å². The van der Waals surface area contributed by atoms with Crippen LogP contribution in [0.15, 0.2) is 0 Å². The molecule has 1 unspecified atom stereocenters. The normalized spacial score (nSPS) is 20.9. The molecule has 1 atom stereocenters. The molecule has 0 radical (unpaired) electrons. The molecule has 0 aliphatic carbocycles. The van der Waals surface area contributed by atoms with Crippen LogP contribution < -0.4 is 5.32 Å². The topological polar surface area (TPSA) is 69.6 Å². The Morgan fingerprint density at radius 1 is 1.67 bits per heavy atom. The van der Waals surface area contributed by atoms with Crippen LogP contribution in [-0.2, 0) is 4.79 Å². The molecule has 0 aromatic rings. The lowest BCUT2D eigenvalue weighted by molar-refractivity contribution is -0.137. The van der Waals surface area contributed by atoms with Crippen LogP contribution in [-0.4, -0.2) is 41.1 Å². The molecule has 0 bridgehead atoms. The first-order valence-corrected chi connectivity index (χ1v) is 5.26. The van der Waals surface area contributed by atoms with Gasteiger partial charge in [0.05, 0.1) is 6.42 Å². The number of rotatable bonds is 5. The summed E-state index contributed by atoms with van der Waals surface area (Å²) >= 11 is 0. The van der Waals surface area contributed by atoms with Gasteiger partial charge in [0.1, 0.15) is 0 Å². The molecule has 5 nitrogen and oxygen atoms in total. The summed E-state index contributed by atoms with van der Waals surface area (Å²) in [5.74, 6) is -0.329. The van der Waals surface area contributed by atoms with Crippen molar-refractivity contribution in [3.8, 4) is 0 Å². The highest BCUT2D eigenvalue weighted by Crippen LogP contribution is 2.12. The first kappa shape index (κ1) is 11.8. The molecule has 2 amide bonds. The number of urea groups is 1. The minimum Gasteiger partial charge on any atom is -0.481 e. The predicted octanol–water partition coefficient (Wildman–Crippen LogP) is 0.901.